The number of phenols is 2. The third-order valence-corrected chi connectivity index (χ3v) is 8.14. The van der Waals surface area contributed by atoms with Gasteiger partial charge in [-0.25, -0.2) is 0 Å². The highest BCUT2D eigenvalue weighted by molar-refractivity contribution is 6.31. The Morgan fingerprint density at radius 2 is 1.74 bits per heavy atom. The van der Waals surface area contributed by atoms with E-state index < -0.39 is 82.6 Å². The van der Waals surface area contributed by atoms with Crippen molar-refractivity contribution in [3.8, 4) is 17.2 Å². The lowest BCUT2D eigenvalue weighted by Crippen LogP contribution is -2.55. The van der Waals surface area contributed by atoms with E-state index in [-0.39, 0.29) is 59.2 Å². The lowest BCUT2D eigenvalue weighted by molar-refractivity contribution is -0.249. The van der Waals surface area contributed by atoms with Gasteiger partial charge in [0.15, 0.2) is 17.9 Å². The molecular weight excluding hydrogens is 574 g/mol. The van der Waals surface area contributed by atoms with Crippen molar-refractivity contribution in [2.24, 2.45) is 0 Å². The van der Waals surface area contributed by atoms with Crippen LogP contribution in [0.4, 0.5) is 0 Å². The SMILES string of the molecule is COc1cccc2c1C(=O)c1c(O)c3c(c(O)c1C2=O)CC(O)(C(C)=O)CC3OC1CC(NC(C)=O)C(O)C(C)O1.Cl. The van der Waals surface area contributed by atoms with Crippen LogP contribution < -0.4 is 10.1 Å². The normalized spacial score (nSPS) is 28.1. The first kappa shape index (κ1) is 31.4. The molecule has 6 unspecified atom stereocenters. The Labute approximate surface area is 247 Å². The van der Waals surface area contributed by atoms with E-state index in [2.05, 4.69) is 5.32 Å². The van der Waals surface area contributed by atoms with Crippen LogP contribution >= 0.6 is 12.4 Å². The highest BCUT2D eigenvalue weighted by atomic mass is 35.5. The smallest absolute Gasteiger partial charge is 0.217 e. The molecule has 0 aromatic heterocycles. The molecule has 6 atom stereocenters. The Morgan fingerprint density at radius 1 is 1.07 bits per heavy atom. The molecule has 3 aliphatic rings. The number of ketones is 3. The minimum Gasteiger partial charge on any atom is -0.507 e. The van der Waals surface area contributed by atoms with Gasteiger partial charge in [-0.3, -0.25) is 19.2 Å². The van der Waals surface area contributed by atoms with Crippen LogP contribution in [0.2, 0.25) is 0 Å². The zero-order valence-electron chi connectivity index (χ0n) is 23.3. The second kappa shape index (κ2) is 11.3. The number of rotatable bonds is 5. The minimum atomic E-state index is -2.05. The van der Waals surface area contributed by atoms with Gasteiger partial charge in [0.1, 0.15) is 29.0 Å². The second-order valence-electron chi connectivity index (χ2n) is 10.8. The van der Waals surface area contributed by atoms with E-state index in [9.17, 15) is 39.6 Å². The lowest BCUT2D eigenvalue weighted by Gasteiger charge is -2.42. The summed E-state index contributed by atoms with van der Waals surface area (Å²) in [5.41, 5.74) is -3.25. The first-order chi connectivity index (χ1) is 19.3. The van der Waals surface area contributed by atoms with Crippen LogP contribution in [0.5, 0.6) is 17.2 Å². The molecule has 5 N–H and O–H groups in total. The number of aliphatic hydroxyl groups is 2. The van der Waals surface area contributed by atoms with Gasteiger partial charge in [0, 0.05) is 42.9 Å². The molecule has 0 bridgehead atoms. The summed E-state index contributed by atoms with van der Waals surface area (Å²) in [5, 5.41) is 47.4. The molecule has 13 heteroatoms. The summed E-state index contributed by atoms with van der Waals surface area (Å²) in [6.45, 7) is 4.03. The second-order valence-corrected chi connectivity index (χ2v) is 10.8. The van der Waals surface area contributed by atoms with Gasteiger partial charge in [0.2, 0.25) is 11.7 Å². The first-order valence-corrected chi connectivity index (χ1v) is 13.2. The number of carbonyl (C=O) groups excluding carboxylic acids is 4. The summed E-state index contributed by atoms with van der Waals surface area (Å²) in [7, 11) is 1.33. The maximum Gasteiger partial charge on any atom is 0.217 e. The molecule has 0 saturated carbocycles. The number of ether oxygens (including phenoxy) is 3. The van der Waals surface area contributed by atoms with Gasteiger partial charge >= 0.3 is 0 Å². The predicted octanol–water partition coefficient (Wildman–Crippen LogP) is 1.63. The van der Waals surface area contributed by atoms with Crippen LogP contribution in [0.25, 0.3) is 0 Å². The number of methoxy groups -OCH3 is 1. The number of carbonyl (C=O) groups is 4. The van der Waals surface area contributed by atoms with Crippen LogP contribution in [0.15, 0.2) is 18.2 Å². The maximum atomic E-state index is 13.7. The Morgan fingerprint density at radius 3 is 2.36 bits per heavy atom. The fourth-order valence-electron chi connectivity index (χ4n) is 6.03. The van der Waals surface area contributed by atoms with E-state index in [0.29, 0.717) is 0 Å². The minimum absolute atomic E-state index is 0. The van der Waals surface area contributed by atoms with E-state index in [4.69, 9.17) is 14.2 Å². The van der Waals surface area contributed by atoms with E-state index in [1.165, 1.54) is 32.2 Å². The van der Waals surface area contributed by atoms with E-state index in [1.54, 1.807) is 6.92 Å². The van der Waals surface area contributed by atoms with E-state index in [0.717, 1.165) is 6.92 Å². The highest BCUT2D eigenvalue weighted by Gasteiger charge is 2.49. The van der Waals surface area contributed by atoms with Crippen molar-refractivity contribution in [3.05, 3.63) is 51.6 Å². The number of phenolic OH excluding ortho intramolecular Hbond substituents is 2. The van der Waals surface area contributed by atoms with E-state index >= 15 is 0 Å². The Kier molecular flexibility index (Phi) is 8.42. The largest absolute Gasteiger partial charge is 0.507 e. The van der Waals surface area contributed by atoms with Crippen molar-refractivity contribution < 1.29 is 53.8 Å². The summed E-state index contributed by atoms with van der Waals surface area (Å²) in [4.78, 5) is 51.5. The number of aromatic hydroxyl groups is 2. The van der Waals surface area contributed by atoms with Gasteiger partial charge in [-0.2, -0.15) is 0 Å². The monoisotopic (exact) mass is 605 g/mol. The number of hydrogen-bond acceptors (Lipinski definition) is 11. The van der Waals surface area contributed by atoms with Crippen molar-refractivity contribution in [1.82, 2.24) is 5.32 Å². The Hall–Kier alpha value is -3.55. The lowest BCUT2D eigenvalue weighted by atomic mass is 9.72. The van der Waals surface area contributed by atoms with Gasteiger partial charge in [-0.1, -0.05) is 12.1 Å². The molecule has 1 aliphatic heterocycles. The Bertz CT molecular complexity index is 1490. The molecule has 1 saturated heterocycles. The number of benzene rings is 2. The number of halogens is 1. The number of fused-ring (bicyclic) bond motifs is 3. The number of nitrogens with one attached hydrogen (secondary N) is 1. The molecule has 2 aromatic rings. The molecule has 1 fully saturated rings. The first-order valence-electron chi connectivity index (χ1n) is 13.2. The zero-order valence-corrected chi connectivity index (χ0v) is 24.1. The predicted molar refractivity (Wildman–Crippen MR) is 147 cm³/mol. The molecule has 5 rings (SSSR count). The van der Waals surface area contributed by atoms with E-state index in [1.807, 2.05) is 0 Å². The average molecular weight is 606 g/mol. The fraction of sp³-hybridized carbons (Fsp3) is 0.448. The van der Waals surface area contributed by atoms with Crippen molar-refractivity contribution >= 4 is 35.7 Å². The number of amides is 1. The van der Waals surface area contributed by atoms with Crippen molar-refractivity contribution in [2.45, 2.75) is 76.3 Å². The summed E-state index contributed by atoms with van der Waals surface area (Å²) < 4.78 is 17.2. The van der Waals surface area contributed by atoms with Crippen molar-refractivity contribution in [3.63, 3.8) is 0 Å². The van der Waals surface area contributed by atoms with Crippen molar-refractivity contribution in [2.75, 3.05) is 7.11 Å². The molecule has 42 heavy (non-hydrogen) atoms. The molecule has 12 nitrogen and oxygen atoms in total. The molecule has 0 spiro atoms. The third-order valence-electron chi connectivity index (χ3n) is 8.14. The summed E-state index contributed by atoms with van der Waals surface area (Å²) in [5.74, 6) is -3.72. The van der Waals surface area contributed by atoms with Gasteiger partial charge in [-0.15, -0.1) is 12.4 Å². The summed E-state index contributed by atoms with van der Waals surface area (Å²) in [6, 6.07) is 3.66. The van der Waals surface area contributed by atoms with Crippen LogP contribution in [0.3, 0.4) is 0 Å². The molecule has 2 aromatic carbocycles. The number of Topliss-reactive ketones (excluding diaryl/α,β-unsaturated/α-hetero) is 1. The standard InChI is InChI=1S/C29H31NO11.ClH/c1-11-24(33)16(30-13(3)32)8-19(40-11)41-18-10-29(38,12(2)31)9-15-21(18)28(37)23-22(26(15)35)25(34)14-6-5-7-17(39-4)20(14)27(23)36;/h5-7,11,16,18-19,24,33,35,37-38H,8-10H2,1-4H3,(H,30,32);1H. The quantitative estimate of drug-likeness (QED) is 0.266. The van der Waals surface area contributed by atoms with Crippen LogP contribution in [-0.4, -0.2) is 80.9 Å². The molecule has 1 amide bonds. The van der Waals surface area contributed by atoms with Crippen LogP contribution in [0, 0.1) is 0 Å². The molecule has 226 valence electrons. The fourth-order valence-corrected chi connectivity index (χ4v) is 6.03. The van der Waals surface area contributed by atoms with Crippen molar-refractivity contribution in [1.29, 1.82) is 0 Å². The average Bonchev–Trinajstić information content (AvgIpc) is 2.91. The van der Waals surface area contributed by atoms with Crippen LogP contribution in [-0.2, 0) is 25.5 Å². The molecule has 1 heterocycles. The highest BCUT2D eigenvalue weighted by Crippen LogP contribution is 2.52. The van der Waals surface area contributed by atoms with Gasteiger partial charge in [-0.05, 0) is 19.9 Å². The summed E-state index contributed by atoms with van der Waals surface area (Å²) >= 11 is 0. The number of hydrogen-bond donors (Lipinski definition) is 5. The molecule has 0 radical (unpaired) electrons. The molecule has 2 aliphatic carbocycles. The molecular formula is C29H32ClNO11. The Balaban J connectivity index is 0.00000405. The summed E-state index contributed by atoms with van der Waals surface area (Å²) in [6.07, 6.45) is -5.06. The number of aliphatic hydroxyl groups excluding tert-OH is 1. The third kappa shape index (κ3) is 4.92. The van der Waals surface area contributed by atoms with Gasteiger partial charge < -0.3 is 40.0 Å². The topological polar surface area (TPSA) is 189 Å². The zero-order chi connectivity index (χ0) is 30.0. The van der Waals surface area contributed by atoms with Gasteiger partial charge in [0.05, 0.1) is 42.0 Å². The van der Waals surface area contributed by atoms with Crippen LogP contribution in [0.1, 0.15) is 82.7 Å². The van der Waals surface area contributed by atoms with Gasteiger partial charge in [0.25, 0.3) is 0 Å². The maximum absolute atomic E-state index is 13.7.